The number of para-hydroxylation sites is 1. The quantitative estimate of drug-likeness (QED) is 0.580. The van der Waals surface area contributed by atoms with E-state index in [0.29, 0.717) is 13.2 Å². The average molecular weight is 331 g/mol. The van der Waals surface area contributed by atoms with Crippen molar-refractivity contribution in [3.05, 3.63) is 83.9 Å². The van der Waals surface area contributed by atoms with E-state index in [1.165, 1.54) is 22.3 Å². The molecular weight excluding hydrogens is 310 g/mol. The summed E-state index contributed by atoms with van der Waals surface area (Å²) in [4.78, 5) is 0. The van der Waals surface area contributed by atoms with E-state index in [-0.39, 0.29) is 6.10 Å². The zero-order valence-corrected chi connectivity index (χ0v) is 14.0. The minimum Gasteiger partial charge on any atom is -0.489 e. The van der Waals surface area contributed by atoms with Gasteiger partial charge in [-0.2, -0.15) is 0 Å². The summed E-state index contributed by atoms with van der Waals surface area (Å²) in [5.74, 6) is 1.73. The number of hydrogen-bond acceptors (Lipinski definition) is 3. The zero-order chi connectivity index (χ0) is 17.1. The highest BCUT2D eigenvalue weighted by atomic mass is 16.5. The van der Waals surface area contributed by atoms with Crippen LogP contribution in [0.15, 0.2) is 72.8 Å². The first-order valence-electron chi connectivity index (χ1n) is 8.60. The van der Waals surface area contributed by atoms with E-state index < -0.39 is 0 Å². The van der Waals surface area contributed by atoms with Crippen LogP contribution in [0.2, 0.25) is 0 Å². The summed E-state index contributed by atoms with van der Waals surface area (Å²) in [6.07, 6.45) is 0.733. The summed E-state index contributed by atoms with van der Waals surface area (Å²) >= 11 is 0. The lowest BCUT2D eigenvalue weighted by molar-refractivity contribution is 0.134. The number of nitrogens with two attached hydrogens (primary N) is 1. The van der Waals surface area contributed by atoms with Crippen LogP contribution in [0.25, 0.3) is 11.1 Å². The molecule has 0 saturated heterocycles. The molecule has 0 amide bonds. The molecule has 3 heteroatoms. The number of rotatable bonds is 6. The summed E-state index contributed by atoms with van der Waals surface area (Å²) < 4.78 is 12.0. The molecule has 126 valence electrons. The van der Waals surface area contributed by atoms with E-state index in [9.17, 15) is 0 Å². The van der Waals surface area contributed by atoms with Crippen molar-refractivity contribution >= 4 is 0 Å². The molecule has 0 aromatic heterocycles. The smallest absolute Gasteiger partial charge is 0.145 e. The fourth-order valence-corrected chi connectivity index (χ4v) is 3.29. The van der Waals surface area contributed by atoms with Gasteiger partial charge in [-0.25, -0.2) is 0 Å². The van der Waals surface area contributed by atoms with Crippen LogP contribution in [0.3, 0.4) is 0 Å². The maximum atomic E-state index is 6.10. The number of ether oxygens (including phenoxy) is 2. The van der Waals surface area contributed by atoms with Gasteiger partial charge in [0.25, 0.3) is 0 Å². The van der Waals surface area contributed by atoms with Gasteiger partial charge in [-0.3, -0.25) is 0 Å². The molecule has 0 heterocycles. The van der Waals surface area contributed by atoms with Crippen LogP contribution in [0, 0.1) is 0 Å². The average Bonchev–Trinajstić information content (AvgIpc) is 3.05. The van der Waals surface area contributed by atoms with Gasteiger partial charge in [-0.05, 0) is 34.9 Å². The van der Waals surface area contributed by atoms with Gasteiger partial charge in [0, 0.05) is 18.5 Å². The van der Waals surface area contributed by atoms with Gasteiger partial charge >= 0.3 is 0 Å². The third-order valence-corrected chi connectivity index (χ3v) is 4.54. The molecule has 0 spiro atoms. The Kier molecular flexibility index (Phi) is 4.40. The van der Waals surface area contributed by atoms with Crippen LogP contribution in [0.1, 0.15) is 11.1 Å². The molecule has 1 unspecified atom stereocenters. The second kappa shape index (κ2) is 6.99. The minimum atomic E-state index is -0.179. The summed E-state index contributed by atoms with van der Waals surface area (Å²) in [5, 5.41) is 0. The molecule has 0 fully saturated rings. The molecule has 3 nitrogen and oxygen atoms in total. The van der Waals surface area contributed by atoms with Crippen molar-refractivity contribution in [3.8, 4) is 22.6 Å². The maximum Gasteiger partial charge on any atom is 0.145 e. The number of benzene rings is 3. The Balaban J connectivity index is 1.49. The molecule has 0 aliphatic heterocycles. The van der Waals surface area contributed by atoms with Crippen molar-refractivity contribution in [2.75, 3.05) is 13.2 Å². The molecule has 1 aliphatic rings. The first-order valence-corrected chi connectivity index (χ1v) is 8.60. The molecule has 2 N–H and O–H groups in total. The monoisotopic (exact) mass is 331 g/mol. The summed E-state index contributed by atoms with van der Waals surface area (Å²) in [5.41, 5.74) is 11.0. The van der Waals surface area contributed by atoms with Gasteiger partial charge in [0.1, 0.15) is 24.2 Å². The number of hydrogen-bond donors (Lipinski definition) is 1. The zero-order valence-electron chi connectivity index (χ0n) is 14.0. The molecule has 0 saturated carbocycles. The molecule has 1 atom stereocenters. The Hall–Kier alpha value is -2.78. The minimum absolute atomic E-state index is 0.179. The Morgan fingerprint density at radius 2 is 1.60 bits per heavy atom. The molecule has 4 rings (SSSR count). The normalized spacial score (nSPS) is 13.0. The topological polar surface area (TPSA) is 44.5 Å². The molecule has 25 heavy (non-hydrogen) atoms. The Bertz CT molecular complexity index is 861. The lowest BCUT2D eigenvalue weighted by atomic mass is 10.1. The highest BCUT2D eigenvalue weighted by Gasteiger charge is 2.21. The standard InChI is InChI=1S/C22H21NO2/c23-14-18(25-17-8-2-1-3-9-17)15-24-22-12-6-11-20-19-10-5-4-7-16(19)13-21(20)22/h1-12,18H,13-15,23H2. The molecular formula is C22H21NO2. The summed E-state index contributed by atoms with van der Waals surface area (Å²) in [7, 11) is 0. The highest BCUT2D eigenvalue weighted by Crippen LogP contribution is 2.40. The maximum absolute atomic E-state index is 6.10. The van der Waals surface area contributed by atoms with Gasteiger partial charge in [-0.15, -0.1) is 0 Å². The van der Waals surface area contributed by atoms with E-state index in [2.05, 4.69) is 30.3 Å². The largest absolute Gasteiger partial charge is 0.489 e. The van der Waals surface area contributed by atoms with Crippen LogP contribution in [-0.2, 0) is 6.42 Å². The van der Waals surface area contributed by atoms with Crippen LogP contribution in [-0.4, -0.2) is 19.3 Å². The lowest BCUT2D eigenvalue weighted by Crippen LogP contribution is -2.33. The van der Waals surface area contributed by atoms with E-state index in [4.69, 9.17) is 15.2 Å². The molecule has 0 bridgehead atoms. The Labute approximate surface area is 148 Å². The Morgan fingerprint density at radius 3 is 2.44 bits per heavy atom. The molecule has 0 radical (unpaired) electrons. The van der Waals surface area contributed by atoms with E-state index in [0.717, 1.165) is 17.9 Å². The first-order chi connectivity index (χ1) is 12.3. The first kappa shape index (κ1) is 15.7. The van der Waals surface area contributed by atoms with Gasteiger partial charge in [-0.1, -0.05) is 54.6 Å². The Morgan fingerprint density at radius 1 is 0.840 bits per heavy atom. The number of fused-ring (bicyclic) bond motifs is 3. The van der Waals surface area contributed by atoms with Crippen molar-refractivity contribution in [3.63, 3.8) is 0 Å². The molecule has 3 aromatic carbocycles. The van der Waals surface area contributed by atoms with Crippen molar-refractivity contribution in [2.24, 2.45) is 5.73 Å². The fourth-order valence-electron chi connectivity index (χ4n) is 3.29. The van der Waals surface area contributed by atoms with Gasteiger partial charge in [0.15, 0.2) is 0 Å². The van der Waals surface area contributed by atoms with Crippen LogP contribution in [0.5, 0.6) is 11.5 Å². The predicted molar refractivity (Wildman–Crippen MR) is 100 cm³/mol. The van der Waals surface area contributed by atoms with Crippen LogP contribution < -0.4 is 15.2 Å². The summed E-state index contributed by atoms with van der Waals surface area (Å²) in [6, 6.07) is 24.5. The van der Waals surface area contributed by atoms with Crippen molar-refractivity contribution in [2.45, 2.75) is 12.5 Å². The van der Waals surface area contributed by atoms with Crippen molar-refractivity contribution in [1.29, 1.82) is 0 Å². The van der Waals surface area contributed by atoms with E-state index in [1.807, 2.05) is 42.5 Å². The third kappa shape index (κ3) is 3.24. The summed E-state index contributed by atoms with van der Waals surface area (Å²) in [6.45, 7) is 0.836. The lowest BCUT2D eigenvalue weighted by Gasteiger charge is -2.19. The van der Waals surface area contributed by atoms with E-state index in [1.54, 1.807) is 0 Å². The molecule has 1 aliphatic carbocycles. The van der Waals surface area contributed by atoms with E-state index >= 15 is 0 Å². The predicted octanol–water partition coefficient (Wildman–Crippen LogP) is 4.04. The fraction of sp³-hybridized carbons (Fsp3) is 0.182. The SMILES string of the molecule is NCC(COc1cccc2c1Cc1ccccc1-2)Oc1ccccc1. The second-order valence-electron chi connectivity index (χ2n) is 6.22. The van der Waals surface area contributed by atoms with Crippen LogP contribution >= 0.6 is 0 Å². The van der Waals surface area contributed by atoms with Crippen LogP contribution in [0.4, 0.5) is 0 Å². The van der Waals surface area contributed by atoms with Crippen molar-refractivity contribution < 1.29 is 9.47 Å². The van der Waals surface area contributed by atoms with Crippen molar-refractivity contribution in [1.82, 2.24) is 0 Å². The van der Waals surface area contributed by atoms with Gasteiger partial charge < -0.3 is 15.2 Å². The van der Waals surface area contributed by atoms with Gasteiger partial charge in [0.2, 0.25) is 0 Å². The second-order valence-corrected chi connectivity index (χ2v) is 6.22. The third-order valence-electron chi connectivity index (χ3n) is 4.54. The highest BCUT2D eigenvalue weighted by molar-refractivity contribution is 5.78. The van der Waals surface area contributed by atoms with Gasteiger partial charge in [0.05, 0.1) is 0 Å². The molecule has 3 aromatic rings.